The van der Waals surface area contributed by atoms with Crippen molar-refractivity contribution in [3.05, 3.63) is 76.9 Å². The number of allylic oxidation sites excluding steroid dienone is 5. The highest BCUT2D eigenvalue weighted by Gasteiger charge is 2.33. The Balaban J connectivity index is 1.88. The van der Waals surface area contributed by atoms with E-state index in [0.717, 1.165) is 23.2 Å². The molecular weight excluding hydrogens is 234 g/mol. The van der Waals surface area contributed by atoms with Crippen molar-refractivity contribution in [1.29, 1.82) is 0 Å². The van der Waals surface area contributed by atoms with Crippen molar-refractivity contribution in [3.63, 3.8) is 0 Å². The maximum absolute atomic E-state index is 12.5. The molecule has 92 valence electrons. The van der Waals surface area contributed by atoms with Crippen LogP contribution in [0.5, 0.6) is 0 Å². The lowest BCUT2D eigenvalue weighted by Gasteiger charge is -2.20. The van der Waals surface area contributed by atoms with Crippen LogP contribution >= 0.6 is 0 Å². The molecule has 0 saturated heterocycles. The van der Waals surface area contributed by atoms with E-state index in [4.69, 9.17) is 0 Å². The van der Waals surface area contributed by atoms with Crippen LogP contribution in [0.25, 0.3) is 5.70 Å². The van der Waals surface area contributed by atoms with Crippen molar-refractivity contribution in [2.45, 2.75) is 6.42 Å². The molecule has 0 N–H and O–H groups in total. The monoisotopic (exact) mass is 247 g/mol. The van der Waals surface area contributed by atoms with E-state index in [1.165, 1.54) is 11.1 Å². The van der Waals surface area contributed by atoms with E-state index in [-0.39, 0.29) is 5.91 Å². The predicted octanol–water partition coefficient (Wildman–Crippen LogP) is 3.31. The Morgan fingerprint density at radius 3 is 2.68 bits per heavy atom. The zero-order valence-corrected chi connectivity index (χ0v) is 10.5. The van der Waals surface area contributed by atoms with E-state index in [9.17, 15) is 4.79 Å². The minimum Gasteiger partial charge on any atom is -0.303 e. The number of fused-ring (bicyclic) bond motifs is 4. The summed E-state index contributed by atoms with van der Waals surface area (Å²) in [6, 6.07) is 7.85. The lowest BCUT2D eigenvalue weighted by Crippen LogP contribution is -2.25. The Labute approximate surface area is 112 Å². The van der Waals surface area contributed by atoms with Gasteiger partial charge in [0.25, 0.3) is 5.91 Å². The number of carbonyl (C=O) groups is 1. The fourth-order valence-electron chi connectivity index (χ4n) is 2.93. The van der Waals surface area contributed by atoms with Crippen LogP contribution in [0.3, 0.4) is 0 Å². The van der Waals surface area contributed by atoms with Gasteiger partial charge >= 0.3 is 0 Å². The minimum atomic E-state index is 0.118. The second kappa shape index (κ2) is 3.82. The number of benzene rings is 1. The van der Waals surface area contributed by atoms with Gasteiger partial charge in [0.2, 0.25) is 0 Å². The number of rotatable bonds is 0. The van der Waals surface area contributed by atoms with Crippen LogP contribution in [0, 0.1) is 0 Å². The number of carbonyl (C=O) groups excluding carboxylic acids is 1. The van der Waals surface area contributed by atoms with Gasteiger partial charge in [-0.05, 0) is 29.7 Å². The van der Waals surface area contributed by atoms with Crippen LogP contribution in [0.2, 0.25) is 0 Å². The van der Waals surface area contributed by atoms with Crippen LogP contribution < -0.4 is 0 Å². The second-order valence-electron chi connectivity index (χ2n) is 5.00. The summed E-state index contributed by atoms with van der Waals surface area (Å²) in [7, 11) is 0. The number of nitrogens with zero attached hydrogens (tertiary/aromatic N) is 1. The lowest BCUT2D eigenvalue weighted by atomic mass is 9.98. The molecule has 4 rings (SSSR count). The third kappa shape index (κ3) is 1.46. The molecule has 2 heteroatoms. The predicted molar refractivity (Wildman–Crippen MR) is 75.4 cm³/mol. The zero-order valence-electron chi connectivity index (χ0n) is 10.5. The van der Waals surface area contributed by atoms with Gasteiger partial charge < -0.3 is 4.90 Å². The molecule has 0 bridgehead atoms. The van der Waals surface area contributed by atoms with Crippen molar-refractivity contribution in [2.75, 3.05) is 6.54 Å². The molecule has 0 atom stereocenters. The van der Waals surface area contributed by atoms with Gasteiger partial charge in [0.1, 0.15) is 0 Å². The van der Waals surface area contributed by atoms with Gasteiger partial charge in [-0.25, -0.2) is 0 Å². The lowest BCUT2D eigenvalue weighted by molar-refractivity contribution is 0.0860. The molecule has 0 unspecified atom stereocenters. The molecule has 2 nitrogen and oxygen atoms in total. The number of amides is 1. The number of hydrogen-bond donors (Lipinski definition) is 0. The van der Waals surface area contributed by atoms with Crippen LogP contribution in [-0.4, -0.2) is 17.4 Å². The first-order valence-electron chi connectivity index (χ1n) is 6.53. The fourth-order valence-corrected chi connectivity index (χ4v) is 2.93. The van der Waals surface area contributed by atoms with Crippen molar-refractivity contribution < 1.29 is 4.79 Å². The highest BCUT2D eigenvalue weighted by molar-refractivity contribution is 6.09. The van der Waals surface area contributed by atoms with Gasteiger partial charge in [-0.2, -0.15) is 0 Å². The molecule has 0 saturated carbocycles. The standard InChI is InChI=1S/C17H13NO/c19-17-15-8-4-3-7-14(15)16-10-9-12-5-1-2-6-13(12)11-18(16)17/h1-4,6-10H,5,11H2. The molecule has 2 aliphatic heterocycles. The first-order valence-corrected chi connectivity index (χ1v) is 6.53. The first-order chi connectivity index (χ1) is 9.34. The molecule has 0 spiro atoms. The summed E-state index contributed by atoms with van der Waals surface area (Å²) < 4.78 is 0. The Kier molecular flexibility index (Phi) is 2.12. The molecule has 1 aromatic rings. The molecule has 1 amide bonds. The summed E-state index contributed by atoms with van der Waals surface area (Å²) in [6.07, 6.45) is 11.5. The van der Waals surface area contributed by atoms with E-state index in [0.29, 0.717) is 6.54 Å². The van der Waals surface area contributed by atoms with Gasteiger partial charge in [-0.3, -0.25) is 4.79 Å². The van der Waals surface area contributed by atoms with Crippen molar-refractivity contribution >= 4 is 11.6 Å². The summed E-state index contributed by atoms with van der Waals surface area (Å²) in [4.78, 5) is 14.4. The molecule has 19 heavy (non-hydrogen) atoms. The normalized spacial score (nSPS) is 19.9. The SMILES string of the molecule is O=C1c2ccccc2C2=CC=C3CC=CC=C3CN12. The summed E-state index contributed by atoms with van der Waals surface area (Å²) in [6.45, 7) is 0.676. The van der Waals surface area contributed by atoms with Gasteiger partial charge in [0.05, 0.1) is 12.2 Å². The largest absolute Gasteiger partial charge is 0.303 e. The van der Waals surface area contributed by atoms with Crippen molar-refractivity contribution in [2.24, 2.45) is 0 Å². The van der Waals surface area contributed by atoms with Gasteiger partial charge in [0, 0.05) is 11.1 Å². The van der Waals surface area contributed by atoms with Gasteiger partial charge in [-0.15, -0.1) is 0 Å². The average Bonchev–Trinajstić information content (AvgIpc) is 2.63. The van der Waals surface area contributed by atoms with Crippen molar-refractivity contribution in [3.8, 4) is 0 Å². The molecule has 1 aliphatic carbocycles. The van der Waals surface area contributed by atoms with E-state index in [1.54, 1.807) is 0 Å². The van der Waals surface area contributed by atoms with Crippen LogP contribution in [0.1, 0.15) is 22.3 Å². The Bertz CT molecular complexity index is 704. The van der Waals surface area contributed by atoms with Crippen LogP contribution in [0.15, 0.2) is 65.8 Å². The molecule has 0 radical (unpaired) electrons. The highest BCUT2D eigenvalue weighted by atomic mass is 16.2. The summed E-state index contributed by atoms with van der Waals surface area (Å²) in [5, 5.41) is 0. The molecule has 1 aromatic carbocycles. The summed E-state index contributed by atoms with van der Waals surface area (Å²) in [5.74, 6) is 0.118. The molecule has 0 aromatic heterocycles. The van der Waals surface area contributed by atoms with E-state index < -0.39 is 0 Å². The minimum absolute atomic E-state index is 0.118. The highest BCUT2D eigenvalue weighted by Crippen LogP contribution is 2.36. The van der Waals surface area contributed by atoms with Gasteiger partial charge in [-0.1, -0.05) is 42.5 Å². The van der Waals surface area contributed by atoms with Crippen LogP contribution in [-0.2, 0) is 0 Å². The molecule has 2 heterocycles. The third-order valence-corrected chi connectivity index (χ3v) is 3.92. The quantitative estimate of drug-likeness (QED) is 0.688. The Morgan fingerprint density at radius 2 is 1.79 bits per heavy atom. The first kappa shape index (κ1) is 10.6. The fraction of sp³-hybridized carbons (Fsp3) is 0.118. The Hall–Kier alpha value is -2.35. The van der Waals surface area contributed by atoms with Crippen LogP contribution in [0.4, 0.5) is 0 Å². The van der Waals surface area contributed by atoms with E-state index in [1.807, 2.05) is 29.2 Å². The average molecular weight is 247 g/mol. The summed E-state index contributed by atoms with van der Waals surface area (Å²) >= 11 is 0. The summed E-state index contributed by atoms with van der Waals surface area (Å²) in [5.41, 5.74) is 5.46. The molecular formula is C17H13NO. The second-order valence-corrected chi connectivity index (χ2v) is 5.00. The van der Waals surface area contributed by atoms with Crippen molar-refractivity contribution in [1.82, 2.24) is 4.90 Å². The smallest absolute Gasteiger partial charge is 0.259 e. The molecule has 3 aliphatic rings. The molecule has 0 fully saturated rings. The maximum atomic E-state index is 12.5. The topological polar surface area (TPSA) is 20.3 Å². The maximum Gasteiger partial charge on any atom is 0.259 e. The number of hydrogen-bond acceptors (Lipinski definition) is 1. The van der Waals surface area contributed by atoms with E-state index in [2.05, 4.69) is 30.4 Å². The van der Waals surface area contributed by atoms with E-state index >= 15 is 0 Å². The zero-order chi connectivity index (χ0) is 12.8. The Morgan fingerprint density at radius 1 is 0.947 bits per heavy atom. The van der Waals surface area contributed by atoms with Gasteiger partial charge in [0.15, 0.2) is 0 Å². The third-order valence-electron chi connectivity index (χ3n) is 3.92.